The van der Waals surface area contributed by atoms with E-state index in [0.29, 0.717) is 30.6 Å². The van der Waals surface area contributed by atoms with Gasteiger partial charge in [0.25, 0.3) is 0 Å². The Morgan fingerprint density at radius 2 is 1.65 bits per heavy atom. The molecule has 1 N–H and O–H groups in total. The van der Waals surface area contributed by atoms with Crippen molar-refractivity contribution in [2.45, 2.75) is 38.4 Å². The standard InChI is InChI=1S/C33H41FN4O2/c1-40-32-14-8-5-11-27(32)23-35-33(39)16-15-28-25-36(24-26-9-3-2-4-10-26)18-17-30(28)37-19-21-38(22-20-37)31-13-7-6-12-29(31)34/h2-14,28,30H,15-25H2,1H3,(H,35,39)/t28-,30+/m1/s1. The molecule has 3 aromatic rings. The van der Waals surface area contributed by atoms with Crippen molar-refractivity contribution in [3.05, 3.63) is 95.8 Å². The van der Waals surface area contributed by atoms with E-state index in [1.54, 1.807) is 19.2 Å². The van der Waals surface area contributed by atoms with Gasteiger partial charge in [-0.2, -0.15) is 0 Å². The van der Waals surface area contributed by atoms with E-state index in [4.69, 9.17) is 4.74 Å². The zero-order valence-electron chi connectivity index (χ0n) is 23.5. The molecule has 1 amide bonds. The lowest BCUT2D eigenvalue weighted by molar-refractivity contribution is -0.121. The van der Waals surface area contributed by atoms with Gasteiger partial charge in [0, 0.05) is 63.8 Å². The number of carbonyl (C=O) groups excluding carboxylic acids is 1. The maximum absolute atomic E-state index is 14.4. The number of hydrogen-bond donors (Lipinski definition) is 1. The van der Waals surface area contributed by atoms with Crippen LogP contribution in [0.5, 0.6) is 5.75 Å². The summed E-state index contributed by atoms with van der Waals surface area (Å²) in [5, 5.41) is 3.10. The molecular weight excluding hydrogens is 503 g/mol. The van der Waals surface area contributed by atoms with E-state index in [1.807, 2.05) is 36.4 Å². The Hall–Kier alpha value is -3.42. The summed E-state index contributed by atoms with van der Waals surface area (Å²) >= 11 is 0. The maximum Gasteiger partial charge on any atom is 0.220 e. The highest BCUT2D eigenvalue weighted by atomic mass is 19.1. The third kappa shape index (κ3) is 7.20. The predicted molar refractivity (Wildman–Crippen MR) is 158 cm³/mol. The summed E-state index contributed by atoms with van der Waals surface area (Å²) in [4.78, 5) is 20.2. The number of carbonyl (C=O) groups is 1. The Morgan fingerprint density at radius 3 is 2.42 bits per heavy atom. The quantitative estimate of drug-likeness (QED) is 0.392. The van der Waals surface area contributed by atoms with Gasteiger partial charge in [-0.25, -0.2) is 4.39 Å². The lowest BCUT2D eigenvalue weighted by Gasteiger charge is -2.47. The number of rotatable bonds is 10. The number of piperazine rings is 1. The fraction of sp³-hybridized carbons (Fsp3) is 0.424. The molecule has 2 aliphatic rings. The van der Waals surface area contributed by atoms with Crippen molar-refractivity contribution >= 4 is 11.6 Å². The Bertz CT molecular complexity index is 1230. The summed E-state index contributed by atoms with van der Waals surface area (Å²) in [6.45, 7) is 6.88. The molecule has 0 unspecified atom stereocenters. The number of likely N-dealkylation sites (tertiary alicyclic amines) is 1. The van der Waals surface area contributed by atoms with E-state index in [1.165, 1.54) is 5.56 Å². The van der Waals surface area contributed by atoms with Gasteiger partial charge in [0.1, 0.15) is 11.6 Å². The average molecular weight is 545 g/mol. The first-order chi connectivity index (χ1) is 19.6. The van der Waals surface area contributed by atoms with Crippen molar-refractivity contribution in [3.8, 4) is 5.75 Å². The lowest BCUT2D eigenvalue weighted by Crippen LogP contribution is -2.56. The summed E-state index contributed by atoms with van der Waals surface area (Å²) in [5.74, 6) is 1.12. The number of nitrogens with one attached hydrogen (secondary N) is 1. The van der Waals surface area contributed by atoms with Crippen molar-refractivity contribution in [3.63, 3.8) is 0 Å². The summed E-state index contributed by atoms with van der Waals surface area (Å²) in [7, 11) is 1.65. The van der Waals surface area contributed by atoms with Crippen molar-refractivity contribution in [1.82, 2.24) is 15.1 Å². The molecule has 0 saturated carbocycles. The number of halogens is 1. The SMILES string of the molecule is COc1ccccc1CNC(=O)CC[C@@H]1CN(Cc2ccccc2)CC[C@@H]1N1CCN(c2ccccc2F)CC1. The topological polar surface area (TPSA) is 48.1 Å². The van der Waals surface area contributed by atoms with Crippen LogP contribution in [0.1, 0.15) is 30.4 Å². The first-order valence-corrected chi connectivity index (χ1v) is 14.5. The monoisotopic (exact) mass is 544 g/mol. The van der Waals surface area contributed by atoms with Gasteiger partial charge >= 0.3 is 0 Å². The summed E-state index contributed by atoms with van der Waals surface area (Å²) < 4.78 is 19.8. The van der Waals surface area contributed by atoms with Crippen molar-refractivity contribution < 1.29 is 13.9 Å². The first-order valence-electron chi connectivity index (χ1n) is 14.5. The Morgan fingerprint density at radius 1 is 0.925 bits per heavy atom. The Labute approximate surface area is 237 Å². The van der Waals surface area contributed by atoms with Crippen molar-refractivity contribution in [1.29, 1.82) is 0 Å². The van der Waals surface area contributed by atoms with E-state index in [0.717, 1.165) is 70.0 Å². The molecule has 3 aromatic carbocycles. The molecule has 0 aliphatic carbocycles. The van der Waals surface area contributed by atoms with Crippen molar-refractivity contribution in [2.24, 2.45) is 5.92 Å². The van der Waals surface area contributed by atoms with Gasteiger partial charge in [-0.1, -0.05) is 60.7 Å². The fourth-order valence-corrected chi connectivity index (χ4v) is 6.30. The van der Waals surface area contributed by atoms with Crippen LogP contribution in [0.2, 0.25) is 0 Å². The number of hydrogen-bond acceptors (Lipinski definition) is 5. The zero-order valence-corrected chi connectivity index (χ0v) is 23.5. The maximum atomic E-state index is 14.4. The third-order valence-electron chi connectivity index (χ3n) is 8.41. The molecule has 2 atom stereocenters. The highest BCUT2D eigenvalue weighted by Gasteiger charge is 2.35. The van der Waals surface area contributed by atoms with Crippen LogP contribution in [0.15, 0.2) is 78.9 Å². The fourth-order valence-electron chi connectivity index (χ4n) is 6.30. The number of benzene rings is 3. The van der Waals surface area contributed by atoms with E-state index in [-0.39, 0.29) is 11.7 Å². The van der Waals surface area contributed by atoms with Gasteiger partial charge in [-0.15, -0.1) is 0 Å². The smallest absolute Gasteiger partial charge is 0.220 e. The normalized spacial score (nSPS) is 20.3. The second-order valence-electron chi connectivity index (χ2n) is 10.9. The average Bonchev–Trinajstić information content (AvgIpc) is 3.00. The molecule has 0 aromatic heterocycles. The van der Waals surface area contributed by atoms with Gasteiger partial charge in [-0.3, -0.25) is 14.6 Å². The highest BCUT2D eigenvalue weighted by Crippen LogP contribution is 2.29. The van der Waals surface area contributed by atoms with Crippen LogP contribution in [0.3, 0.4) is 0 Å². The van der Waals surface area contributed by atoms with Crippen LogP contribution in [-0.4, -0.2) is 68.1 Å². The largest absolute Gasteiger partial charge is 0.496 e. The number of nitrogens with zero attached hydrogens (tertiary/aromatic N) is 3. The number of amides is 1. The van der Waals surface area contributed by atoms with Crippen LogP contribution in [0.25, 0.3) is 0 Å². The highest BCUT2D eigenvalue weighted by molar-refractivity contribution is 5.75. The minimum atomic E-state index is -0.151. The van der Waals surface area contributed by atoms with E-state index in [9.17, 15) is 9.18 Å². The number of ether oxygens (including phenoxy) is 1. The van der Waals surface area contributed by atoms with Gasteiger partial charge in [0.15, 0.2) is 0 Å². The molecule has 7 heteroatoms. The molecule has 212 valence electrons. The van der Waals surface area contributed by atoms with Gasteiger partial charge in [0.05, 0.1) is 12.8 Å². The summed E-state index contributed by atoms with van der Waals surface area (Å²) in [6.07, 6.45) is 2.44. The number of anilines is 1. The molecule has 5 rings (SSSR count). The molecule has 6 nitrogen and oxygen atoms in total. The van der Waals surface area contributed by atoms with Crippen LogP contribution in [0.4, 0.5) is 10.1 Å². The second kappa shape index (κ2) is 13.8. The minimum absolute atomic E-state index is 0.0780. The van der Waals surface area contributed by atoms with Crippen LogP contribution in [-0.2, 0) is 17.9 Å². The molecule has 2 fully saturated rings. The van der Waals surface area contributed by atoms with Crippen LogP contribution < -0.4 is 15.0 Å². The molecule has 0 spiro atoms. The molecule has 0 radical (unpaired) electrons. The molecule has 40 heavy (non-hydrogen) atoms. The molecule has 0 bridgehead atoms. The van der Waals surface area contributed by atoms with E-state index < -0.39 is 0 Å². The van der Waals surface area contributed by atoms with Crippen LogP contribution in [0, 0.1) is 11.7 Å². The van der Waals surface area contributed by atoms with Gasteiger partial charge in [0.2, 0.25) is 5.91 Å². The van der Waals surface area contributed by atoms with E-state index >= 15 is 0 Å². The number of para-hydroxylation sites is 2. The minimum Gasteiger partial charge on any atom is -0.496 e. The second-order valence-corrected chi connectivity index (χ2v) is 10.9. The number of methoxy groups -OCH3 is 1. The van der Waals surface area contributed by atoms with Crippen LogP contribution >= 0.6 is 0 Å². The lowest BCUT2D eigenvalue weighted by atomic mass is 9.86. The Kier molecular flexibility index (Phi) is 9.68. The van der Waals surface area contributed by atoms with Gasteiger partial charge in [-0.05, 0) is 49.1 Å². The molecule has 2 heterocycles. The molecule has 2 aliphatic heterocycles. The first kappa shape index (κ1) is 28.1. The Balaban J connectivity index is 1.20. The molecular formula is C33H41FN4O2. The molecule has 2 saturated heterocycles. The number of piperidine rings is 1. The predicted octanol–water partition coefficient (Wildman–Crippen LogP) is 4.94. The zero-order chi connectivity index (χ0) is 27.7. The third-order valence-corrected chi connectivity index (χ3v) is 8.41. The summed E-state index contributed by atoms with van der Waals surface area (Å²) in [5.41, 5.74) is 3.01. The van der Waals surface area contributed by atoms with Crippen molar-refractivity contribution in [2.75, 3.05) is 51.3 Å². The van der Waals surface area contributed by atoms with Gasteiger partial charge < -0.3 is 15.0 Å². The summed E-state index contributed by atoms with van der Waals surface area (Å²) in [6, 6.07) is 25.9. The van der Waals surface area contributed by atoms with E-state index in [2.05, 4.69) is 50.3 Å².